The van der Waals surface area contributed by atoms with Gasteiger partial charge in [-0.25, -0.2) is 4.39 Å². The number of halogens is 1. The van der Waals surface area contributed by atoms with E-state index in [9.17, 15) is 19.1 Å². The fourth-order valence-electron chi connectivity index (χ4n) is 3.52. The fraction of sp³-hybridized carbons (Fsp3) is 0.130. The fourth-order valence-corrected chi connectivity index (χ4v) is 3.52. The minimum absolute atomic E-state index is 0.0896. The maximum Gasteiger partial charge on any atom is 0.264 e. The summed E-state index contributed by atoms with van der Waals surface area (Å²) in [7, 11) is 0. The van der Waals surface area contributed by atoms with Crippen LogP contribution >= 0.6 is 0 Å². The van der Waals surface area contributed by atoms with Crippen molar-refractivity contribution in [3.63, 3.8) is 0 Å². The van der Waals surface area contributed by atoms with Crippen LogP contribution in [0.3, 0.4) is 0 Å². The zero-order valence-electron chi connectivity index (χ0n) is 15.4. The van der Waals surface area contributed by atoms with Crippen molar-refractivity contribution in [3.8, 4) is 0 Å². The number of allylic oxidation sites excluding steroid dienone is 1. The molecule has 0 saturated heterocycles. The normalized spacial score (nSPS) is 18.4. The summed E-state index contributed by atoms with van der Waals surface area (Å²) < 4.78 is 18.7. The number of ketones is 1. The van der Waals surface area contributed by atoms with Crippen LogP contribution in [0.5, 0.6) is 0 Å². The van der Waals surface area contributed by atoms with E-state index >= 15 is 0 Å². The molecule has 146 valence electrons. The van der Waals surface area contributed by atoms with Crippen molar-refractivity contribution in [1.82, 2.24) is 0 Å². The number of para-hydroxylation sites is 1. The Kier molecular flexibility index (Phi) is 4.86. The molecule has 1 atom stereocenters. The van der Waals surface area contributed by atoms with Gasteiger partial charge in [0, 0.05) is 5.56 Å². The molecule has 2 heterocycles. The van der Waals surface area contributed by atoms with Gasteiger partial charge in [-0.1, -0.05) is 30.3 Å². The number of amides is 1. The lowest BCUT2D eigenvalue weighted by Gasteiger charge is -2.22. The second-order valence-electron chi connectivity index (χ2n) is 6.89. The van der Waals surface area contributed by atoms with E-state index in [0.29, 0.717) is 22.6 Å². The predicted molar refractivity (Wildman–Crippen MR) is 105 cm³/mol. The van der Waals surface area contributed by atoms with Crippen LogP contribution in [0.4, 0.5) is 10.1 Å². The SMILES string of the molecule is O=C(/C=C/c1ccco1)C[C@]1(O)C(=O)N(Cc2cccc(F)c2)c2ccccc21. The van der Waals surface area contributed by atoms with Crippen LogP contribution in [0, 0.1) is 5.82 Å². The van der Waals surface area contributed by atoms with Gasteiger partial charge in [0.15, 0.2) is 11.4 Å². The summed E-state index contributed by atoms with van der Waals surface area (Å²) in [5.41, 5.74) is -0.524. The van der Waals surface area contributed by atoms with E-state index in [0.717, 1.165) is 0 Å². The van der Waals surface area contributed by atoms with Gasteiger partial charge < -0.3 is 14.4 Å². The molecule has 1 aliphatic heterocycles. The number of furan rings is 1. The largest absolute Gasteiger partial charge is 0.465 e. The Bertz CT molecular complexity index is 1090. The van der Waals surface area contributed by atoms with E-state index in [1.165, 1.54) is 35.4 Å². The molecule has 5 nitrogen and oxygen atoms in total. The van der Waals surface area contributed by atoms with Gasteiger partial charge in [-0.15, -0.1) is 0 Å². The zero-order valence-corrected chi connectivity index (χ0v) is 15.4. The number of hydrogen-bond donors (Lipinski definition) is 1. The van der Waals surface area contributed by atoms with Gasteiger partial charge in [0.2, 0.25) is 0 Å². The molecule has 1 N–H and O–H groups in total. The summed E-state index contributed by atoms with van der Waals surface area (Å²) in [5.74, 6) is -0.936. The van der Waals surface area contributed by atoms with E-state index in [4.69, 9.17) is 4.42 Å². The Labute approximate surface area is 166 Å². The molecule has 29 heavy (non-hydrogen) atoms. The molecule has 1 aliphatic rings. The number of benzene rings is 2. The molecule has 0 spiro atoms. The van der Waals surface area contributed by atoms with E-state index < -0.39 is 29.5 Å². The second-order valence-corrected chi connectivity index (χ2v) is 6.89. The lowest BCUT2D eigenvalue weighted by atomic mass is 9.90. The first-order chi connectivity index (χ1) is 14.0. The second kappa shape index (κ2) is 7.48. The summed E-state index contributed by atoms with van der Waals surface area (Å²) >= 11 is 0. The van der Waals surface area contributed by atoms with Gasteiger partial charge in [0.1, 0.15) is 11.6 Å². The molecular weight excluding hydrogens is 373 g/mol. The molecule has 3 aromatic rings. The van der Waals surface area contributed by atoms with Gasteiger partial charge in [0.25, 0.3) is 5.91 Å². The number of carbonyl (C=O) groups is 2. The standard InChI is InChI=1S/C23H18FNO4/c24-17-6-3-5-16(13-17)15-25-21-9-2-1-8-20(21)23(28,22(25)27)14-18(26)10-11-19-7-4-12-29-19/h1-13,28H,14-15H2/b11-10+/t23-/m1/s1. The highest BCUT2D eigenvalue weighted by Gasteiger charge is 2.50. The van der Waals surface area contributed by atoms with Crippen molar-refractivity contribution in [2.24, 2.45) is 0 Å². The first kappa shape index (κ1) is 18.8. The molecule has 2 aromatic carbocycles. The minimum Gasteiger partial charge on any atom is -0.465 e. The smallest absolute Gasteiger partial charge is 0.264 e. The van der Waals surface area contributed by atoms with E-state index in [1.807, 2.05) is 0 Å². The monoisotopic (exact) mass is 391 g/mol. The lowest BCUT2D eigenvalue weighted by molar-refractivity contribution is -0.140. The quantitative estimate of drug-likeness (QED) is 0.649. The molecular formula is C23H18FNO4. The maximum absolute atomic E-state index is 13.5. The molecule has 0 aliphatic carbocycles. The summed E-state index contributed by atoms with van der Waals surface area (Å²) in [4.78, 5) is 27.0. The van der Waals surface area contributed by atoms with Crippen LogP contribution in [-0.2, 0) is 21.7 Å². The van der Waals surface area contributed by atoms with E-state index in [-0.39, 0.29) is 6.54 Å². The number of hydrogen-bond acceptors (Lipinski definition) is 4. The van der Waals surface area contributed by atoms with Gasteiger partial charge >= 0.3 is 0 Å². The number of anilines is 1. The number of carbonyl (C=O) groups excluding carboxylic acids is 2. The number of aliphatic hydroxyl groups is 1. The Balaban J connectivity index is 1.61. The molecule has 1 amide bonds. The van der Waals surface area contributed by atoms with Gasteiger partial charge in [-0.05, 0) is 48.0 Å². The Morgan fingerprint density at radius 1 is 1.14 bits per heavy atom. The van der Waals surface area contributed by atoms with Crippen LogP contribution in [0.15, 0.2) is 77.4 Å². The third-order valence-corrected chi connectivity index (χ3v) is 4.88. The van der Waals surface area contributed by atoms with E-state index in [1.54, 1.807) is 48.5 Å². The summed E-state index contributed by atoms with van der Waals surface area (Å²) in [6, 6.07) is 16.1. The first-order valence-corrected chi connectivity index (χ1v) is 9.10. The highest BCUT2D eigenvalue weighted by atomic mass is 19.1. The topological polar surface area (TPSA) is 70.7 Å². The highest BCUT2D eigenvalue weighted by molar-refractivity contribution is 6.10. The molecule has 1 aromatic heterocycles. The number of fused-ring (bicyclic) bond motifs is 1. The van der Waals surface area contributed by atoms with Gasteiger partial charge in [0.05, 0.1) is 24.9 Å². The number of rotatable bonds is 6. The summed E-state index contributed by atoms with van der Waals surface area (Å²) in [6.45, 7) is 0.0896. The maximum atomic E-state index is 13.5. The molecule has 0 unspecified atom stereocenters. The van der Waals surface area contributed by atoms with Gasteiger partial charge in [-0.2, -0.15) is 0 Å². The molecule has 0 radical (unpaired) electrons. The van der Waals surface area contributed by atoms with Crippen molar-refractivity contribution in [2.75, 3.05) is 4.90 Å². The summed E-state index contributed by atoms with van der Waals surface area (Å²) in [5, 5.41) is 11.2. The Morgan fingerprint density at radius 2 is 1.97 bits per heavy atom. The van der Waals surface area contributed by atoms with Crippen molar-refractivity contribution in [3.05, 3.63) is 95.7 Å². The molecule has 4 rings (SSSR count). The Hall–Kier alpha value is -3.51. The van der Waals surface area contributed by atoms with Crippen LogP contribution in [-0.4, -0.2) is 16.8 Å². The average molecular weight is 391 g/mol. The lowest BCUT2D eigenvalue weighted by Crippen LogP contribution is -2.41. The van der Waals surface area contributed by atoms with Crippen LogP contribution < -0.4 is 4.90 Å². The molecule has 0 fully saturated rings. The van der Waals surface area contributed by atoms with Gasteiger partial charge in [-0.3, -0.25) is 9.59 Å². The zero-order chi connectivity index (χ0) is 20.4. The van der Waals surface area contributed by atoms with Crippen LogP contribution in [0.1, 0.15) is 23.3 Å². The highest BCUT2D eigenvalue weighted by Crippen LogP contribution is 2.43. The molecule has 0 saturated carbocycles. The molecule has 0 bridgehead atoms. The summed E-state index contributed by atoms with van der Waals surface area (Å²) in [6.07, 6.45) is 3.85. The predicted octanol–water partition coefficient (Wildman–Crippen LogP) is 3.83. The Morgan fingerprint density at radius 3 is 2.72 bits per heavy atom. The van der Waals surface area contributed by atoms with Crippen LogP contribution in [0.25, 0.3) is 6.08 Å². The minimum atomic E-state index is -1.98. The number of nitrogens with zero attached hydrogens (tertiary/aromatic N) is 1. The van der Waals surface area contributed by atoms with Crippen molar-refractivity contribution >= 4 is 23.5 Å². The average Bonchev–Trinajstić information content (AvgIpc) is 3.29. The van der Waals surface area contributed by atoms with Crippen molar-refractivity contribution < 1.29 is 23.5 Å². The third-order valence-electron chi connectivity index (χ3n) is 4.88. The van der Waals surface area contributed by atoms with Crippen LogP contribution in [0.2, 0.25) is 0 Å². The third kappa shape index (κ3) is 3.62. The van der Waals surface area contributed by atoms with Crippen molar-refractivity contribution in [2.45, 2.75) is 18.6 Å². The first-order valence-electron chi connectivity index (χ1n) is 9.10. The van der Waals surface area contributed by atoms with Crippen molar-refractivity contribution in [1.29, 1.82) is 0 Å². The molecule has 6 heteroatoms. The van der Waals surface area contributed by atoms with E-state index in [2.05, 4.69) is 0 Å².